The zero-order valence-corrected chi connectivity index (χ0v) is 10.8. The van der Waals surface area contributed by atoms with E-state index in [4.69, 9.17) is 9.84 Å². The molecule has 0 bridgehead atoms. The van der Waals surface area contributed by atoms with Gasteiger partial charge in [0.1, 0.15) is 18.1 Å². The molecule has 20 heavy (non-hydrogen) atoms. The van der Waals surface area contributed by atoms with Crippen LogP contribution in [0.1, 0.15) is 30.7 Å². The van der Waals surface area contributed by atoms with Crippen LogP contribution in [0.25, 0.3) is 0 Å². The van der Waals surface area contributed by atoms with E-state index in [1.165, 1.54) is 10.8 Å². The van der Waals surface area contributed by atoms with Gasteiger partial charge in [-0.1, -0.05) is 0 Å². The Morgan fingerprint density at radius 1 is 1.50 bits per heavy atom. The first-order valence-corrected chi connectivity index (χ1v) is 6.59. The van der Waals surface area contributed by atoms with Gasteiger partial charge >= 0.3 is 5.69 Å². The number of aromatic nitrogens is 2. The van der Waals surface area contributed by atoms with Gasteiger partial charge in [0.05, 0.1) is 18.8 Å². The Morgan fingerprint density at radius 2 is 2.30 bits per heavy atom. The number of nitrogens with one attached hydrogen (secondary N) is 1. The summed E-state index contributed by atoms with van der Waals surface area (Å²) in [6, 6.07) is 0. The molecular weight excluding hydrogens is 266 g/mol. The van der Waals surface area contributed by atoms with Crippen LogP contribution >= 0.6 is 0 Å². The zero-order chi connectivity index (χ0) is 14.3. The summed E-state index contributed by atoms with van der Waals surface area (Å²) in [5.41, 5.74) is 0.0301. The molecule has 8 nitrogen and oxygen atoms in total. The van der Waals surface area contributed by atoms with Gasteiger partial charge in [-0.2, -0.15) is 4.98 Å². The second-order valence-corrected chi connectivity index (χ2v) is 5.08. The highest BCUT2D eigenvalue weighted by Crippen LogP contribution is 2.31. The average Bonchev–Trinajstić information content (AvgIpc) is 2.79. The third-order valence-electron chi connectivity index (χ3n) is 3.74. The highest BCUT2D eigenvalue weighted by molar-refractivity contribution is 5.45. The van der Waals surface area contributed by atoms with E-state index >= 15 is 0 Å². The maximum absolute atomic E-state index is 12.0. The van der Waals surface area contributed by atoms with Crippen molar-refractivity contribution in [3.05, 3.63) is 22.2 Å². The Morgan fingerprint density at radius 3 is 3.00 bits per heavy atom. The van der Waals surface area contributed by atoms with E-state index in [-0.39, 0.29) is 13.0 Å². The van der Waals surface area contributed by atoms with E-state index in [0.29, 0.717) is 24.3 Å². The van der Waals surface area contributed by atoms with Crippen molar-refractivity contribution >= 4 is 5.82 Å². The summed E-state index contributed by atoms with van der Waals surface area (Å²) in [5.74, 6) is 0.391. The molecule has 2 aliphatic rings. The Bertz CT molecular complexity index is 561. The molecule has 4 atom stereocenters. The normalized spacial score (nSPS) is 32.8. The predicted molar refractivity (Wildman–Crippen MR) is 68.2 cm³/mol. The first kappa shape index (κ1) is 13.5. The van der Waals surface area contributed by atoms with E-state index in [9.17, 15) is 15.0 Å². The van der Waals surface area contributed by atoms with Gasteiger partial charge in [-0.3, -0.25) is 4.57 Å². The highest BCUT2D eigenvalue weighted by Gasteiger charge is 2.35. The summed E-state index contributed by atoms with van der Waals surface area (Å²) in [6.45, 7) is 0.255. The van der Waals surface area contributed by atoms with Gasteiger partial charge in [0.25, 0.3) is 0 Å². The first-order chi connectivity index (χ1) is 9.60. The minimum absolute atomic E-state index is 0.203. The van der Waals surface area contributed by atoms with Crippen molar-refractivity contribution in [3.63, 3.8) is 0 Å². The molecule has 1 aromatic rings. The summed E-state index contributed by atoms with van der Waals surface area (Å²) in [7, 11) is 0. The number of hydrogen-bond acceptors (Lipinski definition) is 7. The van der Waals surface area contributed by atoms with Crippen LogP contribution in [0.3, 0.4) is 0 Å². The van der Waals surface area contributed by atoms with Crippen molar-refractivity contribution in [1.82, 2.24) is 9.55 Å². The molecule has 110 valence electrons. The molecule has 0 unspecified atom stereocenters. The van der Waals surface area contributed by atoms with Gasteiger partial charge in [0.2, 0.25) is 0 Å². The monoisotopic (exact) mass is 283 g/mol. The molecule has 0 amide bonds. The molecule has 3 rings (SSSR count). The third-order valence-corrected chi connectivity index (χ3v) is 3.74. The van der Waals surface area contributed by atoms with Crippen molar-refractivity contribution in [1.29, 1.82) is 0 Å². The molecule has 0 saturated carbocycles. The quantitative estimate of drug-likeness (QED) is 0.535. The number of nitrogens with zero attached hydrogens (tertiary/aromatic N) is 2. The number of rotatable bonds is 2. The van der Waals surface area contributed by atoms with Crippen molar-refractivity contribution in [2.45, 2.75) is 37.4 Å². The lowest BCUT2D eigenvalue weighted by atomic mass is 10.1. The summed E-state index contributed by atoms with van der Waals surface area (Å²) in [5, 5.41) is 31.7. The summed E-state index contributed by atoms with van der Waals surface area (Å²) >= 11 is 0. The molecule has 0 radical (unpaired) electrons. The summed E-state index contributed by atoms with van der Waals surface area (Å²) in [6.07, 6.45) is -0.622. The summed E-state index contributed by atoms with van der Waals surface area (Å²) < 4.78 is 6.69. The lowest BCUT2D eigenvalue weighted by molar-refractivity contribution is -0.0461. The van der Waals surface area contributed by atoms with Gasteiger partial charge in [0, 0.05) is 24.7 Å². The van der Waals surface area contributed by atoms with Crippen LogP contribution in [0.4, 0.5) is 5.82 Å². The van der Waals surface area contributed by atoms with E-state index in [0.717, 1.165) is 0 Å². The minimum Gasteiger partial charge on any atom is -0.394 e. The number of fused-ring (bicyclic) bond motifs is 1. The van der Waals surface area contributed by atoms with Gasteiger partial charge in [-0.15, -0.1) is 0 Å². The Labute approximate surface area is 114 Å². The van der Waals surface area contributed by atoms with E-state index in [1.807, 2.05) is 0 Å². The highest BCUT2D eigenvalue weighted by atomic mass is 16.5. The van der Waals surface area contributed by atoms with Crippen LogP contribution in [0.5, 0.6) is 0 Å². The van der Waals surface area contributed by atoms with Crippen LogP contribution in [0, 0.1) is 0 Å². The van der Waals surface area contributed by atoms with Crippen molar-refractivity contribution in [2.75, 3.05) is 18.5 Å². The maximum atomic E-state index is 12.0. The second-order valence-electron chi connectivity index (χ2n) is 5.08. The van der Waals surface area contributed by atoms with Crippen LogP contribution < -0.4 is 11.0 Å². The van der Waals surface area contributed by atoms with Crippen molar-refractivity contribution < 1.29 is 20.1 Å². The average molecular weight is 283 g/mol. The van der Waals surface area contributed by atoms with Gasteiger partial charge in [0.15, 0.2) is 0 Å². The molecule has 0 aliphatic carbocycles. The fraction of sp³-hybridized carbons (Fsp3) is 0.667. The topological polar surface area (TPSA) is 117 Å². The number of hydrogen-bond donors (Lipinski definition) is 4. The Hall–Kier alpha value is -1.48. The molecule has 1 fully saturated rings. The molecular formula is C12H17N3O5. The molecule has 1 saturated heterocycles. The maximum Gasteiger partial charge on any atom is 0.351 e. The molecule has 4 N–H and O–H groups in total. The number of anilines is 1. The second kappa shape index (κ2) is 5.13. The van der Waals surface area contributed by atoms with Crippen LogP contribution in [-0.4, -0.2) is 50.2 Å². The molecule has 2 aliphatic heterocycles. The summed E-state index contributed by atoms with van der Waals surface area (Å²) in [4.78, 5) is 15.9. The lowest BCUT2D eigenvalue weighted by Crippen LogP contribution is -2.31. The van der Waals surface area contributed by atoms with Gasteiger partial charge in [-0.05, 0) is 6.42 Å². The van der Waals surface area contributed by atoms with Crippen LogP contribution in [-0.2, 0) is 4.74 Å². The molecule has 1 aromatic heterocycles. The smallest absolute Gasteiger partial charge is 0.351 e. The van der Waals surface area contributed by atoms with Crippen molar-refractivity contribution in [2.24, 2.45) is 0 Å². The van der Waals surface area contributed by atoms with Gasteiger partial charge in [-0.25, -0.2) is 4.79 Å². The molecule has 3 heterocycles. The SMILES string of the molecule is O=c1nc2c(cn1[C@H]1C[C@H](O)[C@@H](CO)O1)[C@H](O)CCN2. The minimum atomic E-state index is -0.823. The predicted octanol–water partition coefficient (Wildman–Crippen LogP) is -1.27. The molecule has 8 heteroatoms. The van der Waals surface area contributed by atoms with E-state index in [1.54, 1.807) is 0 Å². The fourth-order valence-electron chi connectivity index (χ4n) is 2.61. The van der Waals surface area contributed by atoms with E-state index in [2.05, 4.69) is 10.3 Å². The van der Waals surface area contributed by atoms with Crippen molar-refractivity contribution in [3.8, 4) is 0 Å². The number of ether oxygens (including phenoxy) is 1. The van der Waals surface area contributed by atoms with E-state index < -0.39 is 30.2 Å². The Kier molecular flexibility index (Phi) is 3.47. The number of aliphatic hydroxyl groups excluding tert-OH is 3. The Balaban J connectivity index is 1.95. The molecule has 0 spiro atoms. The van der Waals surface area contributed by atoms with Gasteiger partial charge < -0.3 is 25.4 Å². The standard InChI is InChI=1S/C12H17N3O5/c16-5-9-8(18)3-10(20-9)15-4-6-7(17)1-2-13-11(6)14-12(15)19/h4,7-10,16-18H,1-3,5H2,(H,13,14,19)/t7-,8+,9-,10-/m1/s1. The fourth-order valence-corrected chi connectivity index (χ4v) is 2.61. The lowest BCUT2D eigenvalue weighted by Gasteiger charge is -2.23. The number of aliphatic hydroxyl groups is 3. The largest absolute Gasteiger partial charge is 0.394 e. The third kappa shape index (κ3) is 2.20. The van der Waals surface area contributed by atoms with Crippen LogP contribution in [0.2, 0.25) is 0 Å². The first-order valence-electron chi connectivity index (χ1n) is 6.59. The zero-order valence-electron chi connectivity index (χ0n) is 10.8. The van der Waals surface area contributed by atoms with Crippen LogP contribution in [0.15, 0.2) is 11.0 Å². The molecule has 0 aromatic carbocycles.